The molecule has 8 heteroatoms. The molecule has 154 valence electrons. The minimum atomic E-state index is -4.54. The summed E-state index contributed by atoms with van der Waals surface area (Å²) in [6, 6.07) is 7.38. The molecule has 0 saturated carbocycles. The summed E-state index contributed by atoms with van der Waals surface area (Å²) in [5.41, 5.74) is -0.00365. The average Bonchev–Trinajstić information content (AvgIpc) is 2.69. The molecule has 1 N–H and O–H groups in total. The van der Waals surface area contributed by atoms with Crippen LogP contribution in [0.5, 0.6) is 0 Å². The fourth-order valence-corrected chi connectivity index (χ4v) is 3.74. The van der Waals surface area contributed by atoms with Crippen molar-refractivity contribution in [1.82, 2.24) is 9.88 Å². The van der Waals surface area contributed by atoms with E-state index in [9.17, 15) is 13.2 Å². The van der Waals surface area contributed by atoms with Crippen LogP contribution in [0.2, 0.25) is 5.02 Å². The van der Waals surface area contributed by atoms with E-state index in [0.717, 1.165) is 30.9 Å². The molecule has 0 spiro atoms. The minimum Gasteiger partial charge on any atom is -0.344 e. The van der Waals surface area contributed by atoms with Crippen LogP contribution in [0.4, 0.5) is 18.9 Å². The number of nitrogens with zero attached hydrogens (tertiary/aromatic N) is 2. The summed E-state index contributed by atoms with van der Waals surface area (Å²) in [4.78, 5) is 6.03. The predicted molar refractivity (Wildman–Crippen MR) is 114 cm³/mol. The maximum absolute atomic E-state index is 13.4. The second-order valence-corrected chi connectivity index (χ2v) is 7.83. The van der Waals surface area contributed by atoms with Crippen molar-refractivity contribution in [2.24, 2.45) is 5.92 Å². The van der Waals surface area contributed by atoms with Crippen molar-refractivity contribution in [2.45, 2.75) is 32.0 Å². The quantitative estimate of drug-likeness (QED) is 0.436. The summed E-state index contributed by atoms with van der Waals surface area (Å²) >= 11 is 11.3. The molecule has 2 aromatic rings. The molecule has 1 aliphatic carbocycles. The summed E-state index contributed by atoms with van der Waals surface area (Å²) in [5.74, 6) is 0.392. The highest BCUT2D eigenvalue weighted by Gasteiger charge is 2.34. The van der Waals surface area contributed by atoms with Gasteiger partial charge in [0.05, 0.1) is 11.3 Å². The summed E-state index contributed by atoms with van der Waals surface area (Å²) in [6.07, 6.45) is 6.14. The van der Waals surface area contributed by atoms with Crippen molar-refractivity contribution in [3.05, 3.63) is 71.0 Å². The van der Waals surface area contributed by atoms with E-state index in [1.54, 1.807) is 12.4 Å². The molecular formula is C21H21ClF3N3S. The van der Waals surface area contributed by atoms with Crippen molar-refractivity contribution in [3.8, 4) is 0 Å². The topological polar surface area (TPSA) is 28.2 Å². The van der Waals surface area contributed by atoms with Crippen molar-refractivity contribution in [3.63, 3.8) is 0 Å². The monoisotopic (exact) mass is 439 g/mol. The number of rotatable bonds is 5. The first-order chi connectivity index (χ1) is 13.8. The molecule has 1 unspecified atom stereocenters. The van der Waals surface area contributed by atoms with E-state index in [0.29, 0.717) is 19.0 Å². The van der Waals surface area contributed by atoms with Gasteiger partial charge in [-0.15, -0.1) is 0 Å². The third-order valence-corrected chi connectivity index (χ3v) is 5.36. The lowest BCUT2D eigenvalue weighted by atomic mass is 9.94. The van der Waals surface area contributed by atoms with Crippen LogP contribution in [-0.4, -0.2) is 21.5 Å². The molecule has 0 radical (unpaired) electrons. The summed E-state index contributed by atoms with van der Waals surface area (Å²) < 4.78 is 40.3. The number of alkyl halides is 3. The number of allylic oxidation sites excluding steroid dienone is 2. The number of thiocarbonyl (C=S) groups is 1. The van der Waals surface area contributed by atoms with Gasteiger partial charge >= 0.3 is 6.18 Å². The summed E-state index contributed by atoms with van der Waals surface area (Å²) in [5, 5.41) is 3.06. The van der Waals surface area contributed by atoms with Gasteiger partial charge in [0.2, 0.25) is 0 Å². The van der Waals surface area contributed by atoms with Crippen molar-refractivity contribution in [2.75, 3.05) is 11.9 Å². The zero-order valence-corrected chi connectivity index (χ0v) is 17.2. The van der Waals surface area contributed by atoms with E-state index >= 15 is 0 Å². The normalized spacial score (nSPS) is 16.5. The van der Waals surface area contributed by atoms with Crippen LogP contribution in [0.25, 0.3) is 0 Å². The van der Waals surface area contributed by atoms with Crippen LogP contribution in [0.15, 0.2) is 54.9 Å². The molecule has 0 saturated heterocycles. The number of hydrogen-bond acceptors (Lipinski definition) is 2. The van der Waals surface area contributed by atoms with Crippen LogP contribution in [0.1, 0.15) is 30.4 Å². The Morgan fingerprint density at radius 2 is 2.10 bits per heavy atom. The van der Waals surface area contributed by atoms with Crippen molar-refractivity contribution < 1.29 is 13.2 Å². The van der Waals surface area contributed by atoms with Crippen molar-refractivity contribution >= 4 is 34.6 Å². The standard InChI is InChI=1S/C21H21ClF3N3S/c22-17-8-9-19(18(11-17)21(23,24)25)27-20(29)28(13-15-5-2-1-3-6-15)14-16-7-4-10-26-12-16/h1-2,4,7-12,15H,3,5-6,13-14H2,(H,27,29). The molecule has 1 aromatic carbocycles. The molecule has 0 amide bonds. The number of hydrogen-bond donors (Lipinski definition) is 1. The average molecular weight is 440 g/mol. The third-order valence-electron chi connectivity index (χ3n) is 4.77. The van der Waals surface area contributed by atoms with Gasteiger partial charge in [0.25, 0.3) is 0 Å². The Morgan fingerprint density at radius 3 is 2.76 bits per heavy atom. The lowest BCUT2D eigenvalue weighted by Crippen LogP contribution is -2.38. The first kappa shape index (κ1) is 21.6. The van der Waals surface area contributed by atoms with Gasteiger partial charge in [0.1, 0.15) is 0 Å². The largest absolute Gasteiger partial charge is 0.418 e. The van der Waals surface area contributed by atoms with E-state index in [-0.39, 0.29) is 15.8 Å². The van der Waals surface area contributed by atoms with Crippen LogP contribution in [0.3, 0.4) is 0 Å². The SMILES string of the molecule is FC(F)(F)c1cc(Cl)ccc1NC(=S)N(Cc1cccnc1)CC1CC=CCC1. The van der Waals surface area contributed by atoms with Gasteiger partial charge in [-0.05, 0) is 67.2 Å². The van der Waals surface area contributed by atoms with Gasteiger partial charge in [-0.1, -0.05) is 29.8 Å². The lowest BCUT2D eigenvalue weighted by Gasteiger charge is -2.31. The lowest BCUT2D eigenvalue weighted by molar-refractivity contribution is -0.136. The Morgan fingerprint density at radius 1 is 1.28 bits per heavy atom. The number of pyridine rings is 1. The highest BCUT2D eigenvalue weighted by Crippen LogP contribution is 2.36. The molecular weight excluding hydrogens is 419 g/mol. The zero-order valence-electron chi connectivity index (χ0n) is 15.6. The highest BCUT2D eigenvalue weighted by atomic mass is 35.5. The third kappa shape index (κ3) is 6.18. The number of halogens is 4. The second kappa shape index (κ2) is 9.59. The Balaban J connectivity index is 1.81. The van der Waals surface area contributed by atoms with E-state index in [4.69, 9.17) is 23.8 Å². The molecule has 1 heterocycles. The van der Waals surface area contributed by atoms with E-state index in [1.165, 1.54) is 12.1 Å². The fourth-order valence-electron chi connectivity index (χ4n) is 3.32. The number of benzene rings is 1. The maximum Gasteiger partial charge on any atom is 0.418 e. The summed E-state index contributed by atoms with van der Waals surface area (Å²) in [6.45, 7) is 1.12. The van der Waals surface area contributed by atoms with Crippen LogP contribution >= 0.6 is 23.8 Å². The second-order valence-electron chi connectivity index (χ2n) is 7.01. The van der Waals surface area contributed by atoms with Gasteiger partial charge in [0.15, 0.2) is 5.11 Å². The first-order valence-electron chi connectivity index (χ1n) is 9.29. The smallest absolute Gasteiger partial charge is 0.344 e. The van der Waals surface area contributed by atoms with Gasteiger partial charge < -0.3 is 10.2 Å². The molecule has 1 atom stereocenters. The molecule has 1 aliphatic rings. The Bertz CT molecular complexity index is 871. The van der Waals surface area contributed by atoms with E-state index in [2.05, 4.69) is 22.5 Å². The van der Waals surface area contributed by atoms with Gasteiger partial charge in [-0.25, -0.2) is 0 Å². The Labute approximate surface area is 178 Å². The minimum absolute atomic E-state index is 0.0232. The molecule has 3 rings (SSSR count). The van der Waals surface area contributed by atoms with E-state index in [1.807, 2.05) is 17.0 Å². The Kier molecular flexibility index (Phi) is 7.14. The molecule has 29 heavy (non-hydrogen) atoms. The maximum atomic E-state index is 13.4. The zero-order chi connectivity index (χ0) is 20.9. The van der Waals surface area contributed by atoms with E-state index < -0.39 is 11.7 Å². The molecule has 1 aromatic heterocycles. The van der Waals surface area contributed by atoms with Crippen LogP contribution < -0.4 is 5.32 Å². The van der Waals surface area contributed by atoms with Gasteiger partial charge in [0, 0.05) is 30.5 Å². The number of anilines is 1. The fraction of sp³-hybridized carbons (Fsp3) is 0.333. The predicted octanol–water partition coefficient (Wildman–Crippen LogP) is 6.31. The van der Waals surface area contributed by atoms with Gasteiger partial charge in [-0.2, -0.15) is 13.2 Å². The molecule has 0 aliphatic heterocycles. The molecule has 3 nitrogen and oxygen atoms in total. The van der Waals surface area contributed by atoms with Gasteiger partial charge in [-0.3, -0.25) is 4.98 Å². The Hall–Kier alpha value is -2.12. The van der Waals surface area contributed by atoms with Crippen LogP contribution in [0, 0.1) is 5.92 Å². The summed E-state index contributed by atoms with van der Waals surface area (Å²) in [7, 11) is 0. The number of nitrogens with one attached hydrogen (secondary N) is 1. The molecule has 0 bridgehead atoms. The highest BCUT2D eigenvalue weighted by molar-refractivity contribution is 7.80. The number of aromatic nitrogens is 1. The molecule has 0 fully saturated rings. The van der Waals surface area contributed by atoms with Crippen LogP contribution in [-0.2, 0) is 12.7 Å². The first-order valence-corrected chi connectivity index (χ1v) is 10.1. The van der Waals surface area contributed by atoms with Crippen molar-refractivity contribution in [1.29, 1.82) is 0 Å².